The minimum absolute atomic E-state index is 0.151. The van der Waals surface area contributed by atoms with Crippen molar-refractivity contribution in [2.24, 2.45) is 21.3 Å². The molecule has 1 aliphatic carbocycles. The minimum Gasteiger partial charge on any atom is -0.383 e. The van der Waals surface area contributed by atoms with E-state index in [1.807, 2.05) is 0 Å². The first kappa shape index (κ1) is 25.1. The Kier molecular flexibility index (Phi) is 7.95. The SMILES string of the molecule is CSC1C=C(C(C)C)C(NC(=O)N=S(N)(=O)c2cnc(C(C)(C)O)s2)=C(C(C)C)C1. The van der Waals surface area contributed by atoms with E-state index in [9.17, 15) is 14.1 Å². The largest absolute Gasteiger partial charge is 0.383 e. The molecule has 0 fully saturated rings. The molecule has 0 bridgehead atoms. The molecule has 4 N–H and O–H groups in total. The summed E-state index contributed by atoms with van der Waals surface area (Å²) in [5, 5.41) is 19.5. The molecule has 2 unspecified atom stereocenters. The van der Waals surface area contributed by atoms with Crippen molar-refractivity contribution < 1.29 is 14.1 Å². The van der Waals surface area contributed by atoms with E-state index in [-0.39, 0.29) is 16.0 Å². The molecule has 2 atom stereocenters. The lowest BCUT2D eigenvalue weighted by atomic mass is 9.84. The first-order valence-electron chi connectivity index (χ1n) is 9.78. The highest BCUT2D eigenvalue weighted by atomic mass is 32.2. The predicted octanol–water partition coefficient (Wildman–Crippen LogP) is 4.41. The van der Waals surface area contributed by atoms with Crippen LogP contribution in [0.4, 0.5) is 4.79 Å². The van der Waals surface area contributed by atoms with Crippen LogP contribution in [0.15, 0.2) is 37.7 Å². The summed E-state index contributed by atoms with van der Waals surface area (Å²) in [6.45, 7) is 11.5. The Morgan fingerprint density at radius 2 is 2.03 bits per heavy atom. The Labute approximate surface area is 187 Å². The number of rotatable bonds is 6. The molecule has 30 heavy (non-hydrogen) atoms. The normalized spacial score (nSPS) is 19.7. The topological polar surface area (TPSA) is 118 Å². The predicted molar refractivity (Wildman–Crippen MR) is 126 cm³/mol. The molecule has 0 aliphatic heterocycles. The fourth-order valence-corrected chi connectivity index (χ4v) is 5.82. The van der Waals surface area contributed by atoms with Gasteiger partial charge in [-0.1, -0.05) is 33.8 Å². The Bertz CT molecular complexity index is 978. The molecule has 1 aliphatic rings. The average molecular weight is 473 g/mol. The highest BCUT2D eigenvalue weighted by molar-refractivity contribution is 7.99. The highest BCUT2D eigenvalue weighted by Gasteiger charge is 2.27. The third kappa shape index (κ3) is 5.94. The zero-order chi connectivity index (χ0) is 22.9. The molecular formula is C20H32N4O3S3. The van der Waals surface area contributed by atoms with E-state index in [4.69, 9.17) is 5.14 Å². The summed E-state index contributed by atoms with van der Waals surface area (Å²) in [5.74, 6) is 0.456. The summed E-state index contributed by atoms with van der Waals surface area (Å²) in [4.78, 5) is 16.8. The van der Waals surface area contributed by atoms with E-state index in [1.54, 1.807) is 25.6 Å². The van der Waals surface area contributed by atoms with Gasteiger partial charge in [0.1, 0.15) is 14.8 Å². The summed E-state index contributed by atoms with van der Waals surface area (Å²) in [6, 6.07) is -0.747. The molecule has 168 valence electrons. The van der Waals surface area contributed by atoms with Crippen molar-refractivity contribution in [3.8, 4) is 0 Å². The van der Waals surface area contributed by atoms with E-state index in [0.717, 1.165) is 34.6 Å². The Morgan fingerprint density at radius 1 is 1.40 bits per heavy atom. The van der Waals surface area contributed by atoms with Gasteiger partial charge in [0.05, 0.1) is 6.20 Å². The van der Waals surface area contributed by atoms with Crippen molar-refractivity contribution in [2.45, 2.75) is 63.0 Å². The number of hydrogen-bond donors (Lipinski definition) is 3. The number of aromatic nitrogens is 1. The quantitative estimate of drug-likeness (QED) is 0.567. The first-order chi connectivity index (χ1) is 13.8. The maximum absolute atomic E-state index is 12.9. The average Bonchev–Trinajstić information content (AvgIpc) is 3.12. The molecule has 2 amide bonds. The van der Waals surface area contributed by atoms with Crippen molar-refractivity contribution in [3.63, 3.8) is 0 Å². The van der Waals surface area contributed by atoms with Gasteiger partial charge in [-0.2, -0.15) is 11.8 Å². The van der Waals surface area contributed by atoms with Crippen LogP contribution in [0, 0.1) is 11.8 Å². The smallest absolute Gasteiger partial charge is 0.354 e. The Morgan fingerprint density at radius 3 is 2.50 bits per heavy atom. The number of carbonyl (C=O) groups excluding carboxylic acids is 1. The molecule has 2 rings (SSSR count). The molecular weight excluding hydrogens is 440 g/mol. The number of amides is 2. The van der Waals surface area contributed by atoms with Crippen LogP contribution in [-0.2, 0) is 15.5 Å². The van der Waals surface area contributed by atoms with Crippen molar-refractivity contribution >= 4 is 39.0 Å². The van der Waals surface area contributed by atoms with Gasteiger partial charge in [0.25, 0.3) is 0 Å². The van der Waals surface area contributed by atoms with E-state index in [0.29, 0.717) is 10.3 Å². The maximum Gasteiger partial charge on any atom is 0.354 e. The standard InChI is InChI=1S/C20H32N4O3S3/c1-11(2)14-8-13(28-7)9-15(12(3)4)17(14)23-19(25)24-30(21,27)16-10-22-18(29-16)20(5,6)26/h8,10-13,26H,9H2,1-7H3,(H3,21,23,24,25,27). The number of urea groups is 1. The third-order valence-electron chi connectivity index (χ3n) is 4.76. The summed E-state index contributed by atoms with van der Waals surface area (Å²) >= 11 is 2.77. The van der Waals surface area contributed by atoms with Gasteiger partial charge in [-0.05, 0) is 49.5 Å². The lowest BCUT2D eigenvalue weighted by molar-refractivity contribution is 0.0783. The second-order valence-electron chi connectivity index (χ2n) is 8.44. The number of carbonyl (C=O) groups is 1. The zero-order valence-corrected chi connectivity index (χ0v) is 21.0. The van der Waals surface area contributed by atoms with Crippen LogP contribution in [0.25, 0.3) is 0 Å². The number of aliphatic hydroxyl groups is 1. The van der Waals surface area contributed by atoms with Crippen LogP contribution in [0.2, 0.25) is 0 Å². The fourth-order valence-electron chi connectivity index (χ4n) is 3.13. The van der Waals surface area contributed by atoms with Gasteiger partial charge in [-0.25, -0.2) is 19.1 Å². The van der Waals surface area contributed by atoms with E-state index in [1.165, 1.54) is 6.20 Å². The number of nitrogens with zero attached hydrogens (tertiary/aromatic N) is 2. The third-order valence-corrected chi connectivity index (χ3v) is 8.86. The van der Waals surface area contributed by atoms with Crippen LogP contribution in [-0.4, -0.2) is 31.8 Å². The van der Waals surface area contributed by atoms with Crippen LogP contribution >= 0.6 is 23.1 Å². The van der Waals surface area contributed by atoms with Gasteiger partial charge in [0.2, 0.25) is 0 Å². The van der Waals surface area contributed by atoms with E-state index < -0.39 is 21.5 Å². The number of thiazole rings is 1. The number of nitrogens with two attached hydrogens (primary N) is 1. The van der Waals surface area contributed by atoms with E-state index in [2.05, 4.69) is 54.7 Å². The van der Waals surface area contributed by atoms with Crippen molar-refractivity contribution in [2.75, 3.05) is 6.26 Å². The zero-order valence-electron chi connectivity index (χ0n) is 18.6. The molecule has 0 saturated carbocycles. The van der Waals surface area contributed by atoms with Crippen LogP contribution in [0.5, 0.6) is 0 Å². The molecule has 0 aromatic carbocycles. The van der Waals surface area contributed by atoms with Crippen molar-refractivity contribution in [3.05, 3.63) is 34.1 Å². The molecule has 1 aromatic heterocycles. The minimum atomic E-state index is -3.48. The maximum atomic E-state index is 12.9. The van der Waals surface area contributed by atoms with E-state index >= 15 is 0 Å². The summed E-state index contributed by atoms with van der Waals surface area (Å²) in [7, 11) is -3.48. The Balaban J connectivity index is 2.39. The van der Waals surface area contributed by atoms with Gasteiger partial charge in [0.15, 0.2) is 9.92 Å². The Hall–Kier alpha value is -1.20. The summed E-state index contributed by atoms with van der Waals surface area (Å²) in [5.41, 5.74) is 1.77. The molecule has 0 radical (unpaired) electrons. The highest BCUT2D eigenvalue weighted by Crippen LogP contribution is 2.36. The van der Waals surface area contributed by atoms with Gasteiger partial charge in [-0.15, -0.1) is 15.7 Å². The number of hydrogen-bond acceptors (Lipinski definition) is 6. The van der Waals surface area contributed by atoms with Crippen LogP contribution in [0.1, 0.15) is 53.0 Å². The van der Waals surface area contributed by atoms with Gasteiger partial charge < -0.3 is 10.4 Å². The molecule has 0 spiro atoms. The number of thioether (sulfide) groups is 1. The second-order valence-corrected chi connectivity index (χ2v) is 12.6. The van der Waals surface area contributed by atoms with Crippen molar-refractivity contribution in [1.29, 1.82) is 0 Å². The number of nitrogens with one attached hydrogen (secondary N) is 1. The monoisotopic (exact) mass is 472 g/mol. The fraction of sp³-hybridized carbons (Fsp3) is 0.600. The lowest BCUT2D eigenvalue weighted by Gasteiger charge is -2.30. The summed E-state index contributed by atoms with van der Waals surface area (Å²) < 4.78 is 16.8. The van der Waals surface area contributed by atoms with Crippen molar-refractivity contribution in [1.82, 2.24) is 10.3 Å². The molecule has 7 nitrogen and oxygen atoms in total. The lowest BCUT2D eigenvalue weighted by Crippen LogP contribution is -2.30. The molecule has 1 aromatic rings. The summed E-state index contributed by atoms with van der Waals surface area (Å²) in [6.07, 6.45) is 6.41. The van der Waals surface area contributed by atoms with Crippen LogP contribution < -0.4 is 10.5 Å². The number of allylic oxidation sites excluding steroid dienone is 2. The van der Waals surface area contributed by atoms with Gasteiger partial charge >= 0.3 is 6.03 Å². The second kappa shape index (κ2) is 9.52. The van der Waals surface area contributed by atoms with Gasteiger partial charge in [-0.3, -0.25) is 0 Å². The first-order valence-corrected chi connectivity index (χ1v) is 13.5. The van der Waals surface area contributed by atoms with Gasteiger partial charge in [0, 0.05) is 10.9 Å². The van der Waals surface area contributed by atoms with Crippen LogP contribution in [0.3, 0.4) is 0 Å². The molecule has 10 heteroatoms. The molecule has 1 heterocycles. The molecule has 0 saturated heterocycles.